The Labute approximate surface area is 111 Å². The molecule has 9 heteroatoms. The first-order chi connectivity index (χ1) is 8.60. The number of ether oxygens (including phenoxy) is 1. The molecule has 1 rings (SSSR count). The second-order valence-electron chi connectivity index (χ2n) is 3.38. The summed E-state index contributed by atoms with van der Waals surface area (Å²) in [6.45, 7) is 1.60. The average molecular weight is 314 g/mol. The molecule has 0 unspecified atom stereocenters. The van der Waals surface area contributed by atoms with Crippen LogP contribution in [0.25, 0.3) is 0 Å². The summed E-state index contributed by atoms with van der Waals surface area (Å²) in [6.07, 6.45) is -4.89. The Morgan fingerprint density at radius 2 is 2.00 bits per heavy atom. The number of nitrogens with zero attached hydrogens (tertiary/aromatic N) is 1. The third kappa shape index (κ3) is 3.75. The van der Waals surface area contributed by atoms with Crippen LogP contribution in [0.15, 0.2) is 17.0 Å². The molecule has 0 fully saturated rings. The number of aryl methyl sites for hydroxylation is 1. The predicted octanol–water partition coefficient (Wildman–Crippen LogP) is 2.95. The number of hydrogen-bond donors (Lipinski definition) is 0. The molecule has 0 heterocycles. The molecule has 1 aromatic carbocycles. The zero-order valence-corrected chi connectivity index (χ0v) is 11.0. The van der Waals surface area contributed by atoms with Gasteiger partial charge in [0.05, 0.1) is 5.56 Å². The minimum atomic E-state index is -5.13. The van der Waals surface area contributed by atoms with Gasteiger partial charge in [0.2, 0.25) is 0 Å². The van der Waals surface area contributed by atoms with Gasteiger partial charge in [-0.1, -0.05) is 13.0 Å². The largest absolute Gasteiger partial charge is 0.573 e. The molecule has 0 aliphatic heterocycles. The zero-order chi connectivity index (χ0) is 14.8. The molecule has 0 N–H and O–H groups in total. The van der Waals surface area contributed by atoms with E-state index in [0.29, 0.717) is 0 Å². The number of hydrogen-bond acceptors (Lipinski definition) is 4. The third-order valence-electron chi connectivity index (χ3n) is 2.18. The first kappa shape index (κ1) is 15.6. The Morgan fingerprint density at radius 1 is 1.42 bits per heavy atom. The van der Waals surface area contributed by atoms with Crippen LogP contribution < -0.4 is 4.74 Å². The van der Waals surface area contributed by atoms with Gasteiger partial charge in [-0.2, -0.15) is 5.26 Å². The lowest BCUT2D eigenvalue weighted by atomic mass is 10.1. The van der Waals surface area contributed by atoms with Crippen molar-refractivity contribution in [3.05, 3.63) is 23.3 Å². The number of rotatable bonds is 3. The lowest BCUT2D eigenvalue weighted by Gasteiger charge is -2.14. The lowest BCUT2D eigenvalue weighted by Crippen LogP contribution is -2.19. The Morgan fingerprint density at radius 3 is 2.37 bits per heavy atom. The van der Waals surface area contributed by atoms with Crippen molar-refractivity contribution in [1.29, 1.82) is 5.26 Å². The van der Waals surface area contributed by atoms with E-state index in [1.54, 1.807) is 6.92 Å². The van der Waals surface area contributed by atoms with Crippen LogP contribution >= 0.6 is 10.7 Å². The number of halogens is 4. The van der Waals surface area contributed by atoms with Gasteiger partial charge in [-0.25, -0.2) is 8.42 Å². The standard InChI is InChI=1S/C10H7ClF3NO3S/c1-2-6-3-4-8(19(11,16)17)9(7(6)5-15)18-10(12,13)14/h3-4H,2H2,1H3. The van der Waals surface area contributed by atoms with Crippen LogP contribution in [-0.2, 0) is 15.5 Å². The molecule has 4 nitrogen and oxygen atoms in total. The molecule has 0 aromatic heterocycles. The molecule has 0 saturated carbocycles. The highest BCUT2D eigenvalue weighted by Crippen LogP contribution is 2.36. The maximum Gasteiger partial charge on any atom is 0.573 e. The summed E-state index contributed by atoms with van der Waals surface area (Å²) in [5.74, 6) is -1.09. The molecule has 19 heavy (non-hydrogen) atoms. The van der Waals surface area contributed by atoms with Gasteiger partial charge in [0.15, 0.2) is 5.75 Å². The topological polar surface area (TPSA) is 67.2 Å². The van der Waals surface area contributed by atoms with Gasteiger partial charge in [0, 0.05) is 10.7 Å². The van der Waals surface area contributed by atoms with Crippen molar-refractivity contribution in [2.45, 2.75) is 24.6 Å². The highest BCUT2D eigenvalue weighted by Gasteiger charge is 2.36. The van der Waals surface area contributed by atoms with Crippen LogP contribution in [-0.4, -0.2) is 14.8 Å². The Kier molecular flexibility index (Phi) is 4.32. The highest BCUT2D eigenvalue weighted by molar-refractivity contribution is 8.13. The number of alkyl halides is 3. The van der Waals surface area contributed by atoms with Crippen LogP contribution in [0.4, 0.5) is 13.2 Å². The molecule has 0 radical (unpaired) electrons. The molecule has 0 atom stereocenters. The van der Waals surface area contributed by atoms with Gasteiger partial charge >= 0.3 is 6.36 Å². The highest BCUT2D eigenvalue weighted by atomic mass is 35.7. The van der Waals surface area contributed by atoms with E-state index in [4.69, 9.17) is 15.9 Å². The van der Waals surface area contributed by atoms with Crippen molar-refractivity contribution in [3.8, 4) is 11.8 Å². The second-order valence-corrected chi connectivity index (χ2v) is 5.91. The monoisotopic (exact) mass is 313 g/mol. The van der Waals surface area contributed by atoms with E-state index in [9.17, 15) is 21.6 Å². The minimum absolute atomic E-state index is 0.228. The Hall–Kier alpha value is -1.46. The first-order valence-electron chi connectivity index (χ1n) is 4.86. The summed E-state index contributed by atoms with van der Waals surface area (Å²) in [5, 5.41) is 8.88. The summed E-state index contributed by atoms with van der Waals surface area (Å²) in [6, 6.07) is 3.60. The van der Waals surface area contributed by atoms with Crippen molar-refractivity contribution in [2.75, 3.05) is 0 Å². The Bertz CT molecular complexity index is 635. The summed E-state index contributed by atoms with van der Waals surface area (Å²) in [4.78, 5) is -0.889. The molecule has 1 aromatic rings. The van der Waals surface area contributed by atoms with E-state index >= 15 is 0 Å². The van der Waals surface area contributed by atoms with Crippen molar-refractivity contribution in [2.24, 2.45) is 0 Å². The van der Waals surface area contributed by atoms with Gasteiger partial charge < -0.3 is 4.74 Å². The molecule has 0 spiro atoms. The van der Waals surface area contributed by atoms with Gasteiger partial charge in [-0.3, -0.25) is 0 Å². The number of benzene rings is 1. The van der Waals surface area contributed by atoms with Crippen molar-refractivity contribution in [1.82, 2.24) is 0 Å². The van der Waals surface area contributed by atoms with Crippen LogP contribution in [0, 0.1) is 11.3 Å². The van der Waals surface area contributed by atoms with Crippen LogP contribution in [0.3, 0.4) is 0 Å². The van der Waals surface area contributed by atoms with Crippen molar-refractivity contribution >= 4 is 19.7 Å². The van der Waals surface area contributed by atoms with Crippen molar-refractivity contribution in [3.63, 3.8) is 0 Å². The lowest BCUT2D eigenvalue weighted by molar-refractivity contribution is -0.275. The summed E-state index contributed by atoms with van der Waals surface area (Å²) < 4.78 is 62.9. The van der Waals surface area contributed by atoms with Crippen molar-refractivity contribution < 1.29 is 26.3 Å². The molecular formula is C10H7ClF3NO3S. The normalized spacial score (nSPS) is 12.0. The van der Waals surface area contributed by atoms with E-state index in [0.717, 1.165) is 6.07 Å². The van der Waals surface area contributed by atoms with E-state index in [1.165, 1.54) is 12.1 Å². The second kappa shape index (κ2) is 5.27. The summed E-state index contributed by atoms with van der Waals surface area (Å²) in [7, 11) is 0.565. The van der Waals surface area contributed by atoms with Gasteiger partial charge in [-0.15, -0.1) is 13.2 Å². The molecule has 0 aliphatic rings. The Balaban J connectivity index is 3.65. The quantitative estimate of drug-likeness (QED) is 0.805. The smallest absolute Gasteiger partial charge is 0.403 e. The molecule has 104 valence electrons. The average Bonchev–Trinajstić information content (AvgIpc) is 2.24. The molecule has 0 bridgehead atoms. The predicted molar refractivity (Wildman–Crippen MR) is 60.3 cm³/mol. The molecular weight excluding hydrogens is 307 g/mol. The fourth-order valence-corrected chi connectivity index (χ4v) is 2.39. The minimum Gasteiger partial charge on any atom is -0.403 e. The van der Waals surface area contributed by atoms with Gasteiger partial charge in [0.25, 0.3) is 9.05 Å². The van der Waals surface area contributed by atoms with E-state index in [2.05, 4.69) is 4.74 Å². The van der Waals surface area contributed by atoms with Crippen LogP contribution in [0.5, 0.6) is 5.75 Å². The molecule has 0 amide bonds. The molecule has 0 saturated heterocycles. The molecule has 0 aliphatic carbocycles. The summed E-state index contributed by atoms with van der Waals surface area (Å²) >= 11 is 0. The van der Waals surface area contributed by atoms with E-state index < -0.39 is 31.6 Å². The fraction of sp³-hybridized carbons (Fsp3) is 0.300. The van der Waals surface area contributed by atoms with Crippen LogP contribution in [0.1, 0.15) is 18.1 Å². The maximum atomic E-state index is 12.3. The van der Waals surface area contributed by atoms with E-state index in [-0.39, 0.29) is 12.0 Å². The number of nitriles is 1. The van der Waals surface area contributed by atoms with Crippen LogP contribution in [0.2, 0.25) is 0 Å². The first-order valence-corrected chi connectivity index (χ1v) is 7.17. The van der Waals surface area contributed by atoms with E-state index in [1.807, 2.05) is 0 Å². The maximum absolute atomic E-state index is 12.3. The fourth-order valence-electron chi connectivity index (χ4n) is 1.43. The van der Waals surface area contributed by atoms with Gasteiger partial charge in [0.1, 0.15) is 11.0 Å². The zero-order valence-electron chi connectivity index (χ0n) is 9.45. The SMILES string of the molecule is CCc1ccc(S(=O)(=O)Cl)c(OC(F)(F)F)c1C#N. The summed E-state index contributed by atoms with van der Waals surface area (Å²) in [5.41, 5.74) is -0.271. The third-order valence-corrected chi connectivity index (χ3v) is 3.53. The van der Waals surface area contributed by atoms with Gasteiger partial charge in [-0.05, 0) is 18.1 Å².